The van der Waals surface area contributed by atoms with Gasteiger partial charge in [0.25, 0.3) is 5.91 Å². The zero-order chi connectivity index (χ0) is 15.2. The summed E-state index contributed by atoms with van der Waals surface area (Å²) in [5, 5.41) is 6.19. The summed E-state index contributed by atoms with van der Waals surface area (Å²) >= 11 is 6.03. The largest absolute Gasteiger partial charge is 0.370 e. The molecular formula is C15H17ClN4O. The maximum absolute atomic E-state index is 12.2. The summed E-state index contributed by atoms with van der Waals surface area (Å²) < 4.78 is 0. The van der Waals surface area contributed by atoms with E-state index in [0.717, 1.165) is 17.9 Å². The van der Waals surface area contributed by atoms with Gasteiger partial charge in [0.1, 0.15) is 5.82 Å². The van der Waals surface area contributed by atoms with Crippen LogP contribution in [0.4, 0.5) is 5.82 Å². The summed E-state index contributed by atoms with van der Waals surface area (Å²) in [6, 6.07) is 7.33. The second-order valence-electron chi connectivity index (χ2n) is 4.53. The van der Waals surface area contributed by atoms with Crippen LogP contribution < -0.4 is 10.6 Å². The Labute approximate surface area is 128 Å². The van der Waals surface area contributed by atoms with Crippen LogP contribution in [0.5, 0.6) is 0 Å². The van der Waals surface area contributed by atoms with Gasteiger partial charge in [0.05, 0.1) is 22.8 Å². The quantitative estimate of drug-likeness (QED) is 0.891. The normalized spacial score (nSPS) is 10.2. The highest BCUT2D eigenvalue weighted by atomic mass is 35.5. The van der Waals surface area contributed by atoms with E-state index in [1.54, 1.807) is 6.07 Å². The number of pyridine rings is 2. The van der Waals surface area contributed by atoms with Gasteiger partial charge in [0.2, 0.25) is 0 Å². The molecule has 0 saturated heterocycles. The van der Waals surface area contributed by atoms with Crippen molar-refractivity contribution >= 4 is 23.3 Å². The van der Waals surface area contributed by atoms with Crippen molar-refractivity contribution in [2.45, 2.75) is 20.4 Å². The second kappa shape index (κ2) is 7.04. The number of aryl methyl sites for hydroxylation is 1. The summed E-state index contributed by atoms with van der Waals surface area (Å²) in [4.78, 5) is 20.6. The fourth-order valence-electron chi connectivity index (χ4n) is 1.85. The first-order valence-corrected chi connectivity index (χ1v) is 7.08. The summed E-state index contributed by atoms with van der Waals surface area (Å²) in [6.45, 7) is 4.95. The Morgan fingerprint density at radius 3 is 2.90 bits per heavy atom. The highest BCUT2D eigenvalue weighted by Gasteiger charge is 2.12. The standard InChI is InChI=1S/C15H17ClN4O/c1-3-17-14-7-12(13(16)9-18-14)15(21)19-8-11-6-4-5-10(2)20-11/h4-7,9H,3,8H2,1-2H3,(H,17,18)(H,19,21). The molecule has 0 aliphatic rings. The van der Waals surface area contributed by atoms with Crippen LogP contribution in [0.2, 0.25) is 5.02 Å². The first-order chi connectivity index (χ1) is 10.1. The zero-order valence-electron chi connectivity index (χ0n) is 12.0. The molecule has 2 aromatic heterocycles. The van der Waals surface area contributed by atoms with Crippen molar-refractivity contribution in [2.75, 3.05) is 11.9 Å². The van der Waals surface area contributed by atoms with Crippen molar-refractivity contribution < 1.29 is 4.79 Å². The molecule has 2 rings (SSSR count). The van der Waals surface area contributed by atoms with Crippen molar-refractivity contribution in [2.24, 2.45) is 0 Å². The smallest absolute Gasteiger partial charge is 0.253 e. The van der Waals surface area contributed by atoms with E-state index in [0.29, 0.717) is 22.9 Å². The fourth-order valence-corrected chi connectivity index (χ4v) is 2.04. The summed E-state index contributed by atoms with van der Waals surface area (Å²) in [5.74, 6) is 0.380. The van der Waals surface area contributed by atoms with Crippen LogP contribution in [-0.4, -0.2) is 22.4 Å². The van der Waals surface area contributed by atoms with E-state index in [1.807, 2.05) is 32.0 Å². The molecule has 1 amide bonds. The van der Waals surface area contributed by atoms with Gasteiger partial charge in [0, 0.05) is 18.4 Å². The highest BCUT2D eigenvalue weighted by Crippen LogP contribution is 2.18. The lowest BCUT2D eigenvalue weighted by molar-refractivity contribution is 0.0950. The molecule has 0 saturated carbocycles. The molecule has 2 heterocycles. The SMILES string of the molecule is CCNc1cc(C(=O)NCc2cccc(C)n2)c(Cl)cn1. The third kappa shape index (κ3) is 4.16. The van der Waals surface area contributed by atoms with E-state index >= 15 is 0 Å². The molecule has 0 unspecified atom stereocenters. The molecule has 6 heteroatoms. The zero-order valence-corrected chi connectivity index (χ0v) is 12.7. The lowest BCUT2D eigenvalue weighted by atomic mass is 10.2. The van der Waals surface area contributed by atoms with Crippen molar-refractivity contribution in [3.8, 4) is 0 Å². The van der Waals surface area contributed by atoms with E-state index < -0.39 is 0 Å². The molecule has 0 atom stereocenters. The van der Waals surface area contributed by atoms with Gasteiger partial charge in [-0.3, -0.25) is 9.78 Å². The summed E-state index contributed by atoms with van der Waals surface area (Å²) in [5.41, 5.74) is 2.12. The molecular weight excluding hydrogens is 288 g/mol. The van der Waals surface area contributed by atoms with Gasteiger partial charge >= 0.3 is 0 Å². The Balaban J connectivity index is 2.07. The van der Waals surface area contributed by atoms with E-state index in [4.69, 9.17) is 11.6 Å². The molecule has 2 N–H and O–H groups in total. The van der Waals surface area contributed by atoms with Gasteiger partial charge in [-0.2, -0.15) is 0 Å². The number of carbonyl (C=O) groups excluding carboxylic acids is 1. The lowest BCUT2D eigenvalue weighted by Gasteiger charge is -2.09. The summed E-state index contributed by atoms with van der Waals surface area (Å²) in [6.07, 6.45) is 1.47. The van der Waals surface area contributed by atoms with Crippen LogP contribution in [-0.2, 0) is 6.54 Å². The fraction of sp³-hybridized carbons (Fsp3) is 0.267. The molecule has 0 spiro atoms. The predicted octanol–water partition coefficient (Wildman–Crippen LogP) is 2.80. The van der Waals surface area contributed by atoms with Crippen molar-refractivity contribution in [1.29, 1.82) is 0 Å². The van der Waals surface area contributed by atoms with Gasteiger partial charge in [-0.05, 0) is 32.0 Å². The molecule has 0 aliphatic heterocycles. The summed E-state index contributed by atoms with van der Waals surface area (Å²) in [7, 11) is 0. The molecule has 5 nitrogen and oxygen atoms in total. The predicted molar refractivity (Wildman–Crippen MR) is 83.6 cm³/mol. The Hall–Kier alpha value is -2.14. The van der Waals surface area contributed by atoms with Gasteiger partial charge < -0.3 is 10.6 Å². The van der Waals surface area contributed by atoms with Crippen LogP contribution in [0, 0.1) is 6.92 Å². The molecule has 2 aromatic rings. The number of nitrogens with one attached hydrogen (secondary N) is 2. The van der Waals surface area contributed by atoms with Crippen LogP contribution >= 0.6 is 11.6 Å². The molecule has 21 heavy (non-hydrogen) atoms. The number of hydrogen-bond acceptors (Lipinski definition) is 4. The number of anilines is 1. The average Bonchev–Trinajstić information content (AvgIpc) is 2.47. The van der Waals surface area contributed by atoms with Gasteiger partial charge in [-0.1, -0.05) is 17.7 Å². The van der Waals surface area contributed by atoms with Crippen LogP contribution in [0.1, 0.15) is 28.7 Å². The number of amides is 1. The molecule has 0 fully saturated rings. The molecule has 110 valence electrons. The number of nitrogens with zero attached hydrogens (tertiary/aromatic N) is 2. The maximum Gasteiger partial charge on any atom is 0.253 e. The molecule has 0 radical (unpaired) electrons. The van der Waals surface area contributed by atoms with Gasteiger partial charge in [0.15, 0.2) is 0 Å². The van der Waals surface area contributed by atoms with Crippen molar-refractivity contribution in [1.82, 2.24) is 15.3 Å². The lowest BCUT2D eigenvalue weighted by Crippen LogP contribution is -2.24. The van der Waals surface area contributed by atoms with Gasteiger partial charge in [-0.25, -0.2) is 4.98 Å². The number of hydrogen-bond donors (Lipinski definition) is 2. The first-order valence-electron chi connectivity index (χ1n) is 6.70. The Morgan fingerprint density at radius 1 is 1.38 bits per heavy atom. The number of halogens is 1. The Bertz CT molecular complexity index is 645. The van der Waals surface area contributed by atoms with E-state index in [9.17, 15) is 4.79 Å². The third-order valence-corrected chi connectivity index (χ3v) is 3.14. The topological polar surface area (TPSA) is 66.9 Å². The third-order valence-electron chi connectivity index (χ3n) is 2.83. The number of carbonyl (C=O) groups is 1. The Kier molecular flexibility index (Phi) is 5.11. The average molecular weight is 305 g/mol. The van der Waals surface area contributed by atoms with Crippen LogP contribution in [0.15, 0.2) is 30.5 Å². The molecule has 0 aliphatic carbocycles. The highest BCUT2D eigenvalue weighted by molar-refractivity contribution is 6.33. The van der Waals surface area contributed by atoms with Crippen LogP contribution in [0.3, 0.4) is 0 Å². The maximum atomic E-state index is 12.2. The van der Waals surface area contributed by atoms with E-state index in [1.165, 1.54) is 6.20 Å². The molecule has 0 aromatic carbocycles. The number of aromatic nitrogens is 2. The molecule has 0 bridgehead atoms. The number of rotatable bonds is 5. The van der Waals surface area contributed by atoms with Crippen molar-refractivity contribution in [3.05, 3.63) is 52.4 Å². The van der Waals surface area contributed by atoms with E-state index in [-0.39, 0.29) is 5.91 Å². The monoisotopic (exact) mass is 304 g/mol. The van der Waals surface area contributed by atoms with Gasteiger partial charge in [-0.15, -0.1) is 0 Å². The minimum Gasteiger partial charge on any atom is -0.370 e. The first kappa shape index (κ1) is 15.3. The van der Waals surface area contributed by atoms with Crippen LogP contribution in [0.25, 0.3) is 0 Å². The second-order valence-corrected chi connectivity index (χ2v) is 4.94. The minimum absolute atomic E-state index is 0.246. The van der Waals surface area contributed by atoms with Crippen molar-refractivity contribution in [3.63, 3.8) is 0 Å². The Morgan fingerprint density at radius 2 is 2.19 bits per heavy atom. The minimum atomic E-state index is -0.246. The van der Waals surface area contributed by atoms with E-state index in [2.05, 4.69) is 20.6 Å².